The van der Waals surface area contributed by atoms with Crippen LogP contribution in [0.4, 0.5) is 4.39 Å². The first-order chi connectivity index (χ1) is 9.13. The van der Waals surface area contributed by atoms with Crippen LogP contribution >= 0.6 is 27.3 Å². The summed E-state index contributed by atoms with van der Waals surface area (Å²) in [5.74, 6) is 1.33. The molecule has 0 bridgehead atoms. The largest absolute Gasteiger partial charge is 0.456 e. The van der Waals surface area contributed by atoms with E-state index in [0.29, 0.717) is 0 Å². The lowest BCUT2D eigenvalue weighted by atomic mass is 10.2. The average molecular weight is 337 g/mol. The summed E-state index contributed by atoms with van der Waals surface area (Å²) in [6, 6.07) is 10.6. The van der Waals surface area contributed by atoms with Gasteiger partial charge in [0, 0.05) is 19.9 Å². The summed E-state index contributed by atoms with van der Waals surface area (Å²) in [7, 11) is 0. The number of aryl methyl sites for hydroxylation is 1. The van der Waals surface area contributed by atoms with Crippen molar-refractivity contribution in [2.45, 2.75) is 6.92 Å². The maximum Gasteiger partial charge on any atom is 0.145 e. The number of fused-ring (bicyclic) bond motifs is 1. The summed E-state index contributed by atoms with van der Waals surface area (Å²) < 4.78 is 21.0. The zero-order valence-electron chi connectivity index (χ0n) is 10.1. The smallest absolute Gasteiger partial charge is 0.145 e. The van der Waals surface area contributed by atoms with Gasteiger partial charge in [0.15, 0.2) is 0 Å². The standard InChI is InChI=1S/C15H10BrFOS/c1-9-6-11(3-5-13(9)16)18-14-8-19-15-7-10(17)2-4-12(14)15/h2-8H,1H3. The molecule has 0 saturated carbocycles. The number of ether oxygens (including phenoxy) is 1. The minimum Gasteiger partial charge on any atom is -0.456 e. The van der Waals surface area contributed by atoms with E-state index in [1.165, 1.54) is 23.5 Å². The van der Waals surface area contributed by atoms with Crippen molar-refractivity contribution in [3.63, 3.8) is 0 Å². The van der Waals surface area contributed by atoms with Crippen molar-refractivity contribution >= 4 is 37.4 Å². The summed E-state index contributed by atoms with van der Waals surface area (Å²) in [4.78, 5) is 0. The first kappa shape index (κ1) is 12.6. The first-order valence-corrected chi connectivity index (χ1v) is 7.41. The van der Waals surface area contributed by atoms with E-state index in [-0.39, 0.29) is 5.82 Å². The van der Waals surface area contributed by atoms with Crippen LogP contribution in [-0.4, -0.2) is 0 Å². The third-order valence-electron chi connectivity index (χ3n) is 2.86. The minimum atomic E-state index is -0.222. The number of rotatable bonds is 2. The van der Waals surface area contributed by atoms with Crippen LogP contribution in [0.15, 0.2) is 46.3 Å². The highest BCUT2D eigenvalue weighted by molar-refractivity contribution is 9.10. The van der Waals surface area contributed by atoms with Gasteiger partial charge in [0.25, 0.3) is 0 Å². The lowest BCUT2D eigenvalue weighted by Crippen LogP contribution is -1.84. The van der Waals surface area contributed by atoms with Gasteiger partial charge in [-0.3, -0.25) is 0 Å². The second-order valence-corrected chi connectivity index (χ2v) is 6.02. The number of hydrogen-bond donors (Lipinski definition) is 0. The summed E-state index contributed by atoms with van der Waals surface area (Å²) in [5, 5.41) is 2.84. The van der Waals surface area contributed by atoms with Crippen LogP contribution < -0.4 is 4.74 Å². The fourth-order valence-corrected chi connectivity index (χ4v) is 3.00. The minimum absolute atomic E-state index is 0.222. The Labute approximate surface area is 122 Å². The van der Waals surface area contributed by atoms with E-state index in [1.807, 2.05) is 30.5 Å². The molecule has 2 aromatic carbocycles. The first-order valence-electron chi connectivity index (χ1n) is 5.74. The summed E-state index contributed by atoms with van der Waals surface area (Å²) >= 11 is 4.94. The Morgan fingerprint density at radius 3 is 2.79 bits per heavy atom. The maximum atomic E-state index is 13.1. The molecular weight excluding hydrogens is 327 g/mol. The van der Waals surface area contributed by atoms with Crippen molar-refractivity contribution < 1.29 is 9.13 Å². The van der Waals surface area contributed by atoms with Gasteiger partial charge in [0.2, 0.25) is 0 Å². The number of thiophene rings is 1. The van der Waals surface area contributed by atoms with E-state index in [2.05, 4.69) is 15.9 Å². The summed E-state index contributed by atoms with van der Waals surface area (Å²) in [6.45, 7) is 2.01. The molecule has 0 aliphatic carbocycles. The van der Waals surface area contributed by atoms with Gasteiger partial charge in [0.1, 0.15) is 17.3 Å². The molecule has 3 aromatic rings. The predicted molar refractivity (Wildman–Crippen MR) is 80.7 cm³/mol. The number of hydrogen-bond acceptors (Lipinski definition) is 2. The van der Waals surface area contributed by atoms with Crippen molar-refractivity contribution in [2.24, 2.45) is 0 Å². The quantitative estimate of drug-likeness (QED) is 0.565. The van der Waals surface area contributed by atoms with Gasteiger partial charge in [-0.2, -0.15) is 0 Å². The molecule has 0 N–H and O–H groups in total. The number of benzene rings is 2. The van der Waals surface area contributed by atoms with Crippen molar-refractivity contribution in [3.8, 4) is 11.5 Å². The molecule has 0 radical (unpaired) electrons. The summed E-state index contributed by atoms with van der Waals surface area (Å²) in [5.41, 5.74) is 1.11. The Morgan fingerprint density at radius 1 is 1.16 bits per heavy atom. The molecule has 0 amide bonds. The molecule has 0 spiro atoms. The Bertz CT molecular complexity index is 751. The van der Waals surface area contributed by atoms with Crippen LogP contribution in [0.2, 0.25) is 0 Å². The van der Waals surface area contributed by atoms with Crippen LogP contribution in [0.1, 0.15) is 5.56 Å². The Hall–Kier alpha value is -1.39. The molecule has 1 aromatic heterocycles. The molecule has 3 rings (SSSR count). The average Bonchev–Trinajstić information content (AvgIpc) is 2.76. The molecule has 4 heteroatoms. The second kappa shape index (κ2) is 4.94. The fraction of sp³-hybridized carbons (Fsp3) is 0.0667. The van der Waals surface area contributed by atoms with E-state index < -0.39 is 0 Å². The van der Waals surface area contributed by atoms with E-state index in [9.17, 15) is 4.39 Å². The molecule has 1 nitrogen and oxygen atoms in total. The molecule has 19 heavy (non-hydrogen) atoms. The van der Waals surface area contributed by atoms with Crippen molar-refractivity contribution in [2.75, 3.05) is 0 Å². The van der Waals surface area contributed by atoms with Crippen LogP contribution in [0.3, 0.4) is 0 Å². The van der Waals surface area contributed by atoms with Gasteiger partial charge in [-0.15, -0.1) is 11.3 Å². The Balaban J connectivity index is 1.98. The molecule has 0 atom stereocenters. The van der Waals surface area contributed by atoms with Gasteiger partial charge in [-0.1, -0.05) is 15.9 Å². The molecule has 1 heterocycles. The number of halogens is 2. The topological polar surface area (TPSA) is 9.23 Å². The predicted octanol–water partition coefficient (Wildman–Crippen LogP) is 5.90. The van der Waals surface area contributed by atoms with Crippen molar-refractivity contribution in [1.82, 2.24) is 0 Å². The highest BCUT2D eigenvalue weighted by atomic mass is 79.9. The highest BCUT2D eigenvalue weighted by Gasteiger charge is 2.08. The lowest BCUT2D eigenvalue weighted by Gasteiger charge is -2.06. The van der Waals surface area contributed by atoms with Crippen LogP contribution in [0.25, 0.3) is 10.1 Å². The van der Waals surface area contributed by atoms with E-state index in [1.54, 1.807) is 6.07 Å². The molecule has 0 aliphatic heterocycles. The third-order valence-corrected chi connectivity index (χ3v) is 4.67. The zero-order chi connectivity index (χ0) is 13.4. The van der Waals surface area contributed by atoms with Crippen LogP contribution in [-0.2, 0) is 0 Å². The Kier molecular flexibility index (Phi) is 3.29. The summed E-state index contributed by atoms with van der Waals surface area (Å²) in [6.07, 6.45) is 0. The van der Waals surface area contributed by atoms with Crippen LogP contribution in [0.5, 0.6) is 11.5 Å². The van der Waals surface area contributed by atoms with Gasteiger partial charge >= 0.3 is 0 Å². The maximum absolute atomic E-state index is 13.1. The molecule has 0 saturated heterocycles. The molecule has 0 fully saturated rings. The normalized spacial score (nSPS) is 10.9. The van der Waals surface area contributed by atoms with Gasteiger partial charge in [0.05, 0.1) is 0 Å². The zero-order valence-corrected chi connectivity index (χ0v) is 12.5. The van der Waals surface area contributed by atoms with Crippen molar-refractivity contribution in [1.29, 1.82) is 0 Å². The van der Waals surface area contributed by atoms with E-state index in [4.69, 9.17) is 4.74 Å². The van der Waals surface area contributed by atoms with Gasteiger partial charge < -0.3 is 4.74 Å². The van der Waals surface area contributed by atoms with Gasteiger partial charge in [-0.25, -0.2) is 4.39 Å². The van der Waals surface area contributed by atoms with E-state index in [0.717, 1.165) is 31.6 Å². The molecule has 0 aliphatic rings. The highest BCUT2D eigenvalue weighted by Crippen LogP contribution is 2.36. The van der Waals surface area contributed by atoms with Crippen LogP contribution in [0, 0.1) is 12.7 Å². The SMILES string of the molecule is Cc1cc(Oc2csc3cc(F)ccc23)ccc1Br. The van der Waals surface area contributed by atoms with E-state index >= 15 is 0 Å². The second-order valence-electron chi connectivity index (χ2n) is 4.25. The third kappa shape index (κ3) is 2.51. The lowest BCUT2D eigenvalue weighted by molar-refractivity contribution is 0.489. The molecule has 0 unspecified atom stereocenters. The molecule has 96 valence electrons. The van der Waals surface area contributed by atoms with Crippen molar-refractivity contribution in [3.05, 3.63) is 57.6 Å². The monoisotopic (exact) mass is 336 g/mol. The van der Waals surface area contributed by atoms with Gasteiger partial charge in [-0.05, 0) is 48.9 Å². The molecular formula is C15H10BrFOS. The fourth-order valence-electron chi connectivity index (χ4n) is 1.86. The Morgan fingerprint density at radius 2 is 2.00 bits per heavy atom.